The lowest BCUT2D eigenvalue weighted by Crippen LogP contribution is -2.54. The highest BCUT2D eigenvalue weighted by atomic mass is 16.4. The summed E-state index contributed by atoms with van der Waals surface area (Å²) < 4.78 is 0. The second kappa shape index (κ2) is 6.16. The van der Waals surface area contributed by atoms with Gasteiger partial charge in [-0.2, -0.15) is 0 Å². The van der Waals surface area contributed by atoms with Crippen LogP contribution in [0.4, 0.5) is 0 Å². The zero-order valence-corrected chi connectivity index (χ0v) is 14.2. The summed E-state index contributed by atoms with van der Waals surface area (Å²) in [7, 11) is 0. The Morgan fingerprint density at radius 1 is 1.21 bits per heavy atom. The lowest BCUT2D eigenvalue weighted by atomic mass is 9.62. The molecule has 0 aromatic heterocycles. The number of fused-ring (bicyclic) bond motifs is 1. The lowest BCUT2D eigenvalue weighted by Gasteiger charge is -2.49. The number of piperidine rings is 1. The Bertz CT molecular complexity index is 628. The summed E-state index contributed by atoms with van der Waals surface area (Å²) in [6.45, 7) is 3.04. The van der Waals surface area contributed by atoms with Gasteiger partial charge in [0, 0.05) is 6.54 Å². The normalized spacial score (nSPS) is 30.8. The Morgan fingerprint density at radius 2 is 1.96 bits per heavy atom. The van der Waals surface area contributed by atoms with Crippen LogP contribution in [-0.2, 0) is 24.2 Å². The number of rotatable bonds is 4. The van der Waals surface area contributed by atoms with Gasteiger partial charge in [0.25, 0.3) is 0 Å². The Balaban J connectivity index is 1.33. The molecule has 2 fully saturated rings. The number of aliphatic carboxylic acids is 1. The van der Waals surface area contributed by atoms with Crippen LogP contribution in [0, 0.1) is 11.8 Å². The number of likely N-dealkylation sites (tertiary alicyclic amines) is 1. The maximum Gasteiger partial charge on any atom is 0.306 e. The number of hydrogen-bond acceptors (Lipinski definition) is 3. The van der Waals surface area contributed by atoms with Crippen LogP contribution >= 0.6 is 0 Å². The van der Waals surface area contributed by atoms with E-state index < -0.39 is 11.6 Å². The number of benzene rings is 1. The molecule has 4 heteroatoms. The number of aryl methyl sites for hydroxylation is 1. The molecule has 24 heavy (non-hydrogen) atoms. The van der Waals surface area contributed by atoms with E-state index in [1.54, 1.807) is 5.56 Å². The molecule has 1 aliphatic heterocycles. The SMILES string of the molecule is O=C(O)C1CC(O)(C2CCN(Cc3cccc4c3CCC4)CC2)C1. The largest absolute Gasteiger partial charge is 0.481 e. The first-order valence-corrected chi connectivity index (χ1v) is 9.32. The maximum atomic E-state index is 11.0. The van der Waals surface area contributed by atoms with Gasteiger partial charge in [0.15, 0.2) is 0 Å². The number of hydrogen-bond donors (Lipinski definition) is 2. The standard InChI is InChI=1S/C20H27NO3/c22-19(23)16-11-20(24,12-16)17-7-9-21(10-8-17)13-15-5-1-3-14-4-2-6-18(14)15/h1,3,5,16-17,24H,2,4,6-13H2,(H,22,23). The third-order valence-corrected chi connectivity index (χ3v) is 6.53. The first-order chi connectivity index (χ1) is 11.5. The monoisotopic (exact) mass is 329 g/mol. The van der Waals surface area contributed by atoms with Crippen molar-refractivity contribution in [3.8, 4) is 0 Å². The second-order valence-corrected chi connectivity index (χ2v) is 8.01. The van der Waals surface area contributed by atoms with E-state index in [0.29, 0.717) is 12.8 Å². The van der Waals surface area contributed by atoms with Gasteiger partial charge in [-0.05, 0) is 80.6 Å². The first kappa shape index (κ1) is 16.1. The van der Waals surface area contributed by atoms with Crippen molar-refractivity contribution in [3.63, 3.8) is 0 Å². The highest BCUT2D eigenvalue weighted by Gasteiger charge is 2.51. The van der Waals surface area contributed by atoms with Gasteiger partial charge in [0.2, 0.25) is 0 Å². The van der Waals surface area contributed by atoms with Crippen LogP contribution in [0.15, 0.2) is 18.2 Å². The van der Waals surface area contributed by atoms with Gasteiger partial charge >= 0.3 is 5.97 Å². The van der Waals surface area contributed by atoms with E-state index in [9.17, 15) is 9.90 Å². The predicted molar refractivity (Wildman–Crippen MR) is 91.8 cm³/mol. The molecule has 4 nitrogen and oxygen atoms in total. The number of carbonyl (C=O) groups is 1. The van der Waals surface area contributed by atoms with Gasteiger partial charge in [0.1, 0.15) is 0 Å². The molecule has 1 aromatic carbocycles. The van der Waals surface area contributed by atoms with E-state index in [2.05, 4.69) is 23.1 Å². The quantitative estimate of drug-likeness (QED) is 0.891. The van der Waals surface area contributed by atoms with E-state index in [1.807, 2.05) is 0 Å². The Hall–Kier alpha value is -1.39. The summed E-state index contributed by atoms with van der Waals surface area (Å²) in [5, 5.41) is 19.7. The predicted octanol–water partition coefficient (Wildman–Crippen LogP) is 2.61. The highest BCUT2D eigenvalue weighted by molar-refractivity contribution is 5.71. The molecular weight excluding hydrogens is 302 g/mol. The topological polar surface area (TPSA) is 60.8 Å². The fourth-order valence-electron chi connectivity index (χ4n) is 5.02. The molecule has 2 N–H and O–H groups in total. The zero-order valence-electron chi connectivity index (χ0n) is 14.2. The molecule has 1 saturated carbocycles. The molecule has 1 heterocycles. The van der Waals surface area contributed by atoms with Crippen molar-refractivity contribution < 1.29 is 15.0 Å². The molecule has 0 radical (unpaired) electrons. The van der Waals surface area contributed by atoms with Crippen LogP contribution in [0.1, 0.15) is 48.8 Å². The van der Waals surface area contributed by atoms with Crippen molar-refractivity contribution in [2.75, 3.05) is 13.1 Å². The van der Waals surface area contributed by atoms with Crippen molar-refractivity contribution in [2.45, 2.75) is 57.1 Å². The van der Waals surface area contributed by atoms with E-state index >= 15 is 0 Å². The summed E-state index contributed by atoms with van der Waals surface area (Å²) in [6.07, 6.45) is 6.58. The molecular formula is C20H27NO3. The van der Waals surface area contributed by atoms with Crippen LogP contribution in [0.5, 0.6) is 0 Å². The van der Waals surface area contributed by atoms with Gasteiger partial charge in [-0.25, -0.2) is 0 Å². The summed E-state index contributed by atoms with van der Waals surface area (Å²) in [4.78, 5) is 13.5. The number of carboxylic acid groups (broad SMARTS) is 1. The van der Waals surface area contributed by atoms with E-state index in [1.165, 1.54) is 30.4 Å². The van der Waals surface area contributed by atoms with Gasteiger partial charge in [-0.1, -0.05) is 18.2 Å². The number of aliphatic hydroxyl groups is 1. The molecule has 0 spiro atoms. The molecule has 0 unspecified atom stereocenters. The molecule has 1 aromatic rings. The Morgan fingerprint density at radius 3 is 2.67 bits per heavy atom. The van der Waals surface area contributed by atoms with Crippen LogP contribution in [0.3, 0.4) is 0 Å². The van der Waals surface area contributed by atoms with Gasteiger partial charge in [-0.3, -0.25) is 9.69 Å². The van der Waals surface area contributed by atoms with E-state index in [4.69, 9.17) is 5.11 Å². The summed E-state index contributed by atoms with van der Waals surface area (Å²) in [5.74, 6) is -0.819. The average molecular weight is 329 g/mol. The van der Waals surface area contributed by atoms with Crippen LogP contribution in [0.25, 0.3) is 0 Å². The first-order valence-electron chi connectivity index (χ1n) is 9.32. The van der Waals surface area contributed by atoms with Crippen LogP contribution in [0.2, 0.25) is 0 Å². The van der Waals surface area contributed by atoms with Crippen LogP contribution < -0.4 is 0 Å². The van der Waals surface area contributed by atoms with Crippen molar-refractivity contribution >= 4 is 5.97 Å². The molecule has 1 saturated heterocycles. The molecule has 0 bridgehead atoms. The van der Waals surface area contributed by atoms with Crippen molar-refractivity contribution in [1.29, 1.82) is 0 Å². The van der Waals surface area contributed by atoms with Crippen LogP contribution in [-0.4, -0.2) is 39.8 Å². The second-order valence-electron chi connectivity index (χ2n) is 8.01. The van der Waals surface area contributed by atoms with Crippen molar-refractivity contribution in [1.82, 2.24) is 4.90 Å². The zero-order chi connectivity index (χ0) is 16.7. The minimum atomic E-state index is -0.755. The van der Waals surface area contributed by atoms with Crippen molar-refractivity contribution in [3.05, 3.63) is 34.9 Å². The van der Waals surface area contributed by atoms with Crippen molar-refractivity contribution in [2.24, 2.45) is 11.8 Å². The Labute approximate surface area is 143 Å². The maximum absolute atomic E-state index is 11.0. The van der Waals surface area contributed by atoms with Gasteiger partial charge < -0.3 is 10.2 Å². The summed E-state index contributed by atoms with van der Waals surface area (Å²) in [6, 6.07) is 6.73. The summed E-state index contributed by atoms with van der Waals surface area (Å²) >= 11 is 0. The molecule has 0 atom stereocenters. The third kappa shape index (κ3) is 2.86. The van der Waals surface area contributed by atoms with Gasteiger partial charge in [0.05, 0.1) is 11.5 Å². The number of carboxylic acids is 1. The summed E-state index contributed by atoms with van der Waals surface area (Å²) in [5.41, 5.74) is 3.87. The average Bonchev–Trinajstić information content (AvgIpc) is 3.02. The smallest absolute Gasteiger partial charge is 0.306 e. The molecule has 3 aliphatic rings. The Kier molecular flexibility index (Phi) is 4.13. The van der Waals surface area contributed by atoms with E-state index in [0.717, 1.165) is 32.5 Å². The molecule has 130 valence electrons. The fraction of sp³-hybridized carbons (Fsp3) is 0.650. The molecule has 4 rings (SSSR count). The van der Waals surface area contributed by atoms with E-state index in [-0.39, 0.29) is 11.8 Å². The number of nitrogens with zero attached hydrogens (tertiary/aromatic N) is 1. The fourth-order valence-corrected chi connectivity index (χ4v) is 5.02. The minimum absolute atomic E-state index is 0.269. The van der Waals surface area contributed by atoms with Gasteiger partial charge in [-0.15, -0.1) is 0 Å². The lowest BCUT2D eigenvalue weighted by molar-refractivity contribution is -0.170. The minimum Gasteiger partial charge on any atom is -0.481 e. The highest BCUT2D eigenvalue weighted by Crippen LogP contribution is 2.46. The molecule has 0 amide bonds. The third-order valence-electron chi connectivity index (χ3n) is 6.53. The molecule has 2 aliphatic carbocycles.